The lowest BCUT2D eigenvalue weighted by molar-refractivity contribution is -0.137. The molecule has 2 rings (SSSR count). The van der Waals surface area contributed by atoms with Crippen LogP contribution >= 0.6 is 0 Å². The van der Waals surface area contributed by atoms with E-state index in [-0.39, 0.29) is 11.8 Å². The third-order valence-corrected chi connectivity index (χ3v) is 5.04. The third-order valence-electron chi connectivity index (χ3n) is 3.41. The summed E-state index contributed by atoms with van der Waals surface area (Å²) in [6.45, 7) is 2.74. The van der Waals surface area contributed by atoms with Gasteiger partial charge in [-0.25, -0.2) is 18.1 Å². The lowest BCUT2D eigenvalue weighted by Gasteiger charge is -2.18. The normalized spacial score (nSPS) is 19.6. The number of aromatic nitrogens is 1. The van der Waals surface area contributed by atoms with Crippen molar-refractivity contribution in [1.29, 1.82) is 0 Å². The fraction of sp³-hybridized carbons (Fsp3) is 0.615. The Balaban J connectivity index is 1.99. The van der Waals surface area contributed by atoms with Crippen LogP contribution in [0.15, 0.2) is 18.3 Å². The van der Waals surface area contributed by atoms with E-state index < -0.39 is 21.8 Å². The molecule has 0 aromatic carbocycles. The van der Waals surface area contributed by atoms with Crippen LogP contribution in [0, 0.1) is 0 Å². The summed E-state index contributed by atoms with van der Waals surface area (Å²) in [6, 6.07) is 2.06. The van der Waals surface area contributed by atoms with E-state index in [9.17, 15) is 21.6 Å². The van der Waals surface area contributed by atoms with Crippen LogP contribution in [-0.2, 0) is 16.2 Å². The number of nitrogens with one attached hydrogen (secondary N) is 1. The highest BCUT2D eigenvalue weighted by Gasteiger charge is 2.32. The van der Waals surface area contributed by atoms with Crippen LogP contribution in [0.3, 0.4) is 0 Å². The van der Waals surface area contributed by atoms with Gasteiger partial charge in [0.2, 0.25) is 10.0 Å². The number of anilines is 1. The highest BCUT2D eigenvalue weighted by molar-refractivity contribution is 7.89. The van der Waals surface area contributed by atoms with Crippen LogP contribution in [0.5, 0.6) is 0 Å². The van der Waals surface area contributed by atoms with Crippen molar-refractivity contribution in [3.05, 3.63) is 23.9 Å². The number of pyridine rings is 1. The average molecular weight is 337 g/mol. The molecule has 1 saturated heterocycles. The van der Waals surface area contributed by atoms with Crippen molar-refractivity contribution in [2.24, 2.45) is 0 Å². The van der Waals surface area contributed by atoms with E-state index in [4.69, 9.17) is 0 Å². The highest BCUT2D eigenvalue weighted by atomic mass is 32.2. The third kappa shape index (κ3) is 4.33. The van der Waals surface area contributed by atoms with Crippen molar-refractivity contribution in [2.75, 3.05) is 23.7 Å². The van der Waals surface area contributed by atoms with E-state index in [0.717, 1.165) is 12.3 Å². The Morgan fingerprint density at radius 3 is 2.68 bits per heavy atom. The van der Waals surface area contributed by atoms with E-state index in [0.29, 0.717) is 31.7 Å². The number of halogens is 3. The molecule has 1 aromatic rings. The number of nitrogens with zero attached hydrogens (tertiary/aromatic N) is 2. The second kappa shape index (κ2) is 6.41. The molecule has 1 atom stereocenters. The van der Waals surface area contributed by atoms with Gasteiger partial charge in [0.15, 0.2) is 0 Å². The van der Waals surface area contributed by atoms with Crippen molar-refractivity contribution in [3.8, 4) is 0 Å². The van der Waals surface area contributed by atoms with Crippen LogP contribution in [0.25, 0.3) is 0 Å². The standard InChI is InChI=1S/C13H18F3N3O2S/c1-2-7-22(20,21)18-11-5-6-19(9-11)12-4-3-10(8-17-12)13(14,15)16/h3-4,8,11,18H,2,5-7,9H2,1H3/t11-/m1/s1. The molecule has 1 aliphatic rings. The maximum Gasteiger partial charge on any atom is 0.417 e. The first-order valence-electron chi connectivity index (χ1n) is 6.99. The lowest BCUT2D eigenvalue weighted by Crippen LogP contribution is -2.38. The van der Waals surface area contributed by atoms with Gasteiger partial charge in [0, 0.05) is 25.3 Å². The molecule has 1 aromatic heterocycles. The van der Waals surface area contributed by atoms with Gasteiger partial charge in [-0.2, -0.15) is 13.2 Å². The van der Waals surface area contributed by atoms with Crippen molar-refractivity contribution in [3.63, 3.8) is 0 Å². The summed E-state index contributed by atoms with van der Waals surface area (Å²) in [4.78, 5) is 5.60. The second-order valence-corrected chi connectivity index (χ2v) is 7.14. The van der Waals surface area contributed by atoms with Gasteiger partial charge in [0.1, 0.15) is 5.82 Å². The van der Waals surface area contributed by atoms with E-state index >= 15 is 0 Å². The van der Waals surface area contributed by atoms with Crippen LogP contribution in [0.2, 0.25) is 0 Å². The highest BCUT2D eigenvalue weighted by Crippen LogP contribution is 2.29. The molecule has 0 unspecified atom stereocenters. The summed E-state index contributed by atoms with van der Waals surface area (Å²) < 4.78 is 63.5. The molecule has 0 spiro atoms. The molecule has 2 heterocycles. The van der Waals surface area contributed by atoms with Gasteiger partial charge >= 0.3 is 6.18 Å². The molecular formula is C13H18F3N3O2S. The summed E-state index contributed by atoms with van der Waals surface area (Å²) in [5, 5.41) is 0. The zero-order valence-electron chi connectivity index (χ0n) is 12.1. The minimum atomic E-state index is -4.41. The number of sulfonamides is 1. The number of rotatable bonds is 5. The molecule has 0 radical (unpaired) electrons. The van der Waals surface area contributed by atoms with E-state index in [1.165, 1.54) is 6.07 Å². The number of alkyl halides is 3. The Labute approximate surface area is 127 Å². The maximum absolute atomic E-state index is 12.5. The van der Waals surface area contributed by atoms with Gasteiger partial charge in [0.25, 0.3) is 0 Å². The first kappa shape index (κ1) is 17.0. The predicted molar refractivity (Wildman–Crippen MR) is 77.1 cm³/mol. The summed E-state index contributed by atoms with van der Waals surface area (Å²) in [5.74, 6) is 0.493. The SMILES string of the molecule is CCCS(=O)(=O)N[C@@H]1CCN(c2ccc(C(F)(F)F)cn2)C1. The van der Waals surface area contributed by atoms with Gasteiger partial charge in [-0.15, -0.1) is 0 Å². The molecule has 1 N–H and O–H groups in total. The molecule has 5 nitrogen and oxygen atoms in total. The smallest absolute Gasteiger partial charge is 0.355 e. The number of hydrogen-bond donors (Lipinski definition) is 1. The molecule has 124 valence electrons. The first-order valence-corrected chi connectivity index (χ1v) is 8.64. The van der Waals surface area contributed by atoms with Gasteiger partial charge in [-0.3, -0.25) is 0 Å². The van der Waals surface area contributed by atoms with E-state index in [1.807, 2.05) is 0 Å². The molecule has 9 heteroatoms. The van der Waals surface area contributed by atoms with Crippen molar-refractivity contribution in [2.45, 2.75) is 32.0 Å². The van der Waals surface area contributed by atoms with Crippen LogP contribution in [0.4, 0.5) is 19.0 Å². The Hall–Kier alpha value is -1.35. The van der Waals surface area contributed by atoms with E-state index in [2.05, 4.69) is 9.71 Å². The Morgan fingerprint density at radius 2 is 2.14 bits per heavy atom. The fourth-order valence-corrected chi connectivity index (χ4v) is 3.74. The van der Waals surface area contributed by atoms with Crippen LogP contribution < -0.4 is 9.62 Å². The topological polar surface area (TPSA) is 62.3 Å². The molecule has 0 saturated carbocycles. The Morgan fingerprint density at radius 1 is 1.41 bits per heavy atom. The molecule has 1 aliphatic heterocycles. The van der Waals surface area contributed by atoms with Gasteiger partial charge in [-0.05, 0) is 25.0 Å². The molecule has 0 amide bonds. The summed E-state index contributed by atoms with van der Waals surface area (Å²) in [6.07, 6.45) is -2.48. The minimum Gasteiger partial charge on any atom is -0.355 e. The first-order chi connectivity index (χ1) is 10.2. The van der Waals surface area contributed by atoms with Crippen LogP contribution in [-0.4, -0.2) is 38.3 Å². The van der Waals surface area contributed by atoms with Gasteiger partial charge in [-0.1, -0.05) is 6.92 Å². The molecule has 1 fully saturated rings. The Bertz CT molecular complexity index is 602. The molecule has 0 bridgehead atoms. The summed E-state index contributed by atoms with van der Waals surface area (Å²) >= 11 is 0. The van der Waals surface area contributed by atoms with Crippen molar-refractivity contribution >= 4 is 15.8 Å². The quantitative estimate of drug-likeness (QED) is 0.893. The van der Waals surface area contributed by atoms with Crippen molar-refractivity contribution in [1.82, 2.24) is 9.71 Å². The zero-order chi connectivity index (χ0) is 16.4. The predicted octanol–water partition coefficient (Wildman–Crippen LogP) is 2.01. The zero-order valence-corrected chi connectivity index (χ0v) is 12.9. The van der Waals surface area contributed by atoms with E-state index in [1.54, 1.807) is 11.8 Å². The van der Waals surface area contributed by atoms with Gasteiger partial charge < -0.3 is 4.90 Å². The molecule has 0 aliphatic carbocycles. The number of hydrogen-bond acceptors (Lipinski definition) is 4. The molecular weight excluding hydrogens is 319 g/mol. The lowest BCUT2D eigenvalue weighted by atomic mass is 10.3. The Kier molecular flexibility index (Phi) is 4.96. The van der Waals surface area contributed by atoms with Gasteiger partial charge in [0.05, 0.1) is 11.3 Å². The minimum absolute atomic E-state index is 0.0715. The maximum atomic E-state index is 12.5. The summed E-state index contributed by atoms with van der Waals surface area (Å²) in [5.41, 5.74) is -0.796. The largest absolute Gasteiger partial charge is 0.417 e. The fourth-order valence-electron chi connectivity index (χ4n) is 2.39. The van der Waals surface area contributed by atoms with Crippen LogP contribution in [0.1, 0.15) is 25.3 Å². The molecule has 22 heavy (non-hydrogen) atoms. The second-order valence-electron chi connectivity index (χ2n) is 5.27. The monoisotopic (exact) mass is 337 g/mol. The van der Waals surface area contributed by atoms with Crippen molar-refractivity contribution < 1.29 is 21.6 Å². The summed E-state index contributed by atoms with van der Waals surface area (Å²) in [7, 11) is -3.29. The average Bonchev–Trinajstić information content (AvgIpc) is 2.85.